The van der Waals surface area contributed by atoms with E-state index in [4.69, 9.17) is 20.0 Å². The molecule has 176 valence electrons. The van der Waals surface area contributed by atoms with Crippen LogP contribution in [0.15, 0.2) is 162 Å². The summed E-state index contributed by atoms with van der Waals surface area (Å²) < 4.78 is 1.00. The monoisotopic (exact) mass is 650 g/mol. The van der Waals surface area contributed by atoms with E-state index < -0.39 is 0 Å². The first kappa shape index (κ1) is 24.7. The number of fused-ring (bicyclic) bond motifs is 4. The van der Waals surface area contributed by atoms with Gasteiger partial charge in [0.2, 0.25) is 0 Å². The maximum absolute atomic E-state index is 5.04. The van der Waals surface area contributed by atoms with Crippen LogP contribution in [0, 0.1) is 0 Å². The first-order valence-electron chi connectivity index (χ1n) is 12.0. The SMILES string of the molecule is IC1=C2C=CC(=N2)C(c2ccccc2)=C2C=CC(=N2)C=C2C=CC(=N2)C(c2ccccc2)=C2C=CC1=N2.[Zn]. The molecule has 0 spiro atoms. The molecule has 4 nitrogen and oxygen atoms in total. The van der Waals surface area contributed by atoms with Crippen molar-refractivity contribution in [3.63, 3.8) is 0 Å². The van der Waals surface area contributed by atoms with Gasteiger partial charge in [0.25, 0.3) is 0 Å². The molecule has 0 radical (unpaired) electrons. The van der Waals surface area contributed by atoms with Crippen LogP contribution in [0.1, 0.15) is 11.1 Å². The van der Waals surface area contributed by atoms with Crippen molar-refractivity contribution in [1.82, 2.24) is 0 Å². The van der Waals surface area contributed by atoms with E-state index in [1.807, 2.05) is 54.6 Å². The van der Waals surface area contributed by atoms with Gasteiger partial charge in [0.15, 0.2) is 0 Å². The number of hydrogen-bond acceptors (Lipinski definition) is 4. The Bertz CT molecular complexity index is 1700. The first-order chi connectivity index (χ1) is 18.2. The van der Waals surface area contributed by atoms with Gasteiger partial charge in [-0.15, -0.1) is 0 Å². The minimum Gasteiger partial charge on any atom is -0.248 e. The molecule has 0 amide bonds. The average molecular weight is 652 g/mol. The Morgan fingerprint density at radius 3 is 1.71 bits per heavy atom. The Morgan fingerprint density at radius 2 is 1.00 bits per heavy atom. The van der Waals surface area contributed by atoms with Crippen molar-refractivity contribution in [2.45, 2.75) is 0 Å². The van der Waals surface area contributed by atoms with Gasteiger partial charge in [-0.3, -0.25) is 0 Å². The van der Waals surface area contributed by atoms with Gasteiger partial charge >= 0.3 is 0 Å². The summed E-state index contributed by atoms with van der Waals surface area (Å²) in [5.41, 5.74) is 11.3. The topological polar surface area (TPSA) is 49.4 Å². The van der Waals surface area contributed by atoms with E-state index in [0.29, 0.717) is 0 Å². The number of benzene rings is 2. The maximum atomic E-state index is 5.04. The Morgan fingerprint density at radius 1 is 0.474 bits per heavy atom. The third-order valence-corrected chi connectivity index (χ3v) is 7.60. The van der Waals surface area contributed by atoms with Crippen LogP contribution in [0.2, 0.25) is 0 Å². The van der Waals surface area contributed by atoms with E-state index in [1.54, 1.807) is 0 Å². The molecule has 0 N–H and O–H groups in total. The molecule has 7 rings (SSSR count). The van der Waals surface area contributed by atoms with Gasteiger partial charge < -0.3 is 0 Å². The van der Waals surface area contributed by atoms with Gasteiger partial charge in [-0.2, -0.15) is 0 Å². The zero-order valence-electron chi connectivity index (χ0n) is 20.3. The molecular formula is C32H19IN4Zn. The number of allylic oxidation sites excluding steroid dienone is 12. The van der Waals surface area contributed by atoms with Gasteiger partial charge in [0.1, 0.15) is 0 Å². The fraction of sp³-hybridized carbons (Fsp3) is 0. The number of aliphatic imine (C=N–C) groups is 4. The summed E-state index contributed by atoms with van der Waals surface area (Å²) in [6.45, 7) is 0. The Labute approximate surface area is 247 Å². The summed E-state index contributed by atoms with van der Waals surface area (Å²) in [5.74, 6) is 0. The van der Waals surface area contributed by atoms with E-state index in [1.165, 1.54) is 0 Å². The van der Waals surface area contributed by atoms with Crippen molar-refractivity contribution >= 4 is 56.6 Å². The second-order valence-electron chi connectivity index (χ2n) is 8.88. The van der Waals surface area contributed by atoms with E-state index in [9.17, 15) is 0 Å². The number of nitrogens with zero attached hydrogens (tertiary/aromatic N) is 4. The molecule has 0 aromatic heterocycles. The number of hydrogen-bond donors (Lipinski definition) is 0. The molecule has 2 aromatic carbocycles. The van der Waals surface area contributed by atoms with Crippen LogP contribution in [-0.4, -0.2) is 22.8 Å². The zero-order chi connectivity index (χ0) is 24.8. The normalized spacial score (nSPS) is 19.0. The van der Waals surface area contributed by atoms with Gasteiger partial charge in [-0.25, -0.2) is 20.0 Å². The standard InChI is InChI=1S/C32H19IN4.Zn/c33-32-28-17-15-26(36-28)30(20-7-3-1-4-8-20)24-13-11-22(34-24)19-23-12-14-25(35-23)31(21-9-5-2-6-10-21)27-16-18-29(32)37-27;/h1-19H;. The smallest absolute Gasteiger partial charge is 0.0793 e. The molecule has 5 aliphatic rings. The van der Waals surface area contributed by atoms with Crippen LogP contribution >= 0.6 is 22.6 Å². The molecule has 8 bridgehead atoms. The van der Waals surface area contributed by atoms with Crippen LogP contribution in [0.25, 0.3) is 11.1 Å². The van der Waals surface area contributed by atoms with Gasteiger partial charge in [-0.1, -0.05) is 60.7 Å². The van der Waals surface area contributed by atoms with Gasteiger partial charge in [0.05, 0.1) is 49.2 Å². The first-order valence-corrected chi connectivity index (χ1v) is 13.1. The van der Waals surface area contributed by atoms with Crippen molar-refractivity contribution in [1.29, 1.82) is 0 Å². The largest absolute Gasteiger partial charge is 0.248 e. The van der Waals surface area contributed by atoms with Crippen molar-refractivity contribution in [2.75, 3.05) is 0 Å². The van der Waals surface area contributed by atoms with Crippen LogP contribution in [0.5, 0.6) is 0 Å². The van der Waals surface area contributed by atoms with Crippen molar-refractivity contribution in [2.24, 2.45) is 20.0 Å². The Kier molecular flexibility index (Phi) is 6.68. The Hall–Kier alpha value is -3.61. The van der Waals surface area contributed by atoms with E-state index in [0.717, 1.165) is 71.5 Å². The van der Waals surface area contributed by atoms with Crippen molar-refractivity contribution in [3.8, 4) is 0 Å². The molecule has 0 unspecified atom stereocenters. The third-order valence-electron chi connectivity index (χ3n) is 6.50. The van der Waals surface area contributed by atoms with E-state index in [-0.39, 0.29) is 19.5 Å². The molecule has 0 aliphatic carbocycles. The summed E-state index contributed by atoms with van der Waals surface area (Å²) in [4.78, 5) is 20.0. The predicted molar refractivity (Wildman–Crippen MR) is 162 cm³/mol. The Balaban J connectivity index is 0.00000264. The molecule has 5 aliphatic heterocycles. The molecule has 5 heterocycles. The van der Waals surface area contributed by atoms with E-state index in [2.05, 4.69) is 83.3 Å². The molecule has 0 atom stereocenters. The molecule has 2 aromatic rings. The molecule has 6 heteroatoms. The summed E-state index contributed by atoms with van der Waals surface area (Å²) in [6, 6.07) is 20.6. The van der Waals surface area contributed by atoms with E-state index >= 15 is 0 Å². The molecule has 0 fully saturated rings. The zero-order valence-corrected chi connectivity index (χ0v) is 25.5. The summed E-state index contributed by atoms with van der Waals surface area (Å²) in [6.07, 6.45) is 18.5. The second kappa shape index (κ2) is 10.3. The average Bonchev–Trinajstić information content (AvgIpc) is 3.74. The summed E-state index contributed by atoms with van der Waals surface area (Å²) in [7, 11) is 0. The van der Waals surface area contributed by atoms with Gasteiger partial charge in [0, 0.05) is 30.6 Å². The maximum Gasteiger partial charge on any atom is 0.0793 e. The third kappa shape index (κ3) is 4.48. The number of rotatable bonds is 2. The minimum atomic E-state index is 0. The molecule has 0 saturated heterocycles. The van der Waals surface area contributed by atoms with Crippen LogP contribution in [0.4, 0.5) is 0 Å². The van der Waals surface area contributed by atoms with Crippen LogP contribution < -0.4 is 0 Å². The van der Waals surface area contributed by atoms with Crippen LogP contribution in [0.3, 0.4) is 0 Å². The molecule has 0 saturated carbocycles. The fourth-order valence-corrected chi connectivity index (χ4v) is 5.39. The fourth-order valence-electron chi connectivity index (χ4n) is 4.79. The summed E-state index contributed by atoms with van der Waals surface area (Å²) >= 11 is 2.35. The van der Waals surface area contributed by atoms with Crippen molar-refractivity contribution in [3.05, 3.63) is 153 Å². The minimum absolute atomic E-state index is 0. The number of halogens is 1. The second-order valence-corrected chi connectivity index (χ2v) is 9.96. The van der Waals surface area contributed by atoms with Crippen LogP contribution in [-0.2, 0) is 19.5 Å². The molecular weight excluding hydrogens is 633 g/mol. The van der Waals surface area contributed by atoms with Gasteiger partial charge in [-0.05, 0) is 88.4 Å². The predicted octanol–water partition coefficient (Wildman–Crippen LogP) is 7.39. The van der Waals surface area contributed by atoms with Crippen molar-refractivity contribution < 1.29 is 19.5 Å². The summed E-state index contributed by atoms with van der Waals surface area (Å²) in [5, 5.41) is 0. The quantitative estimate of drug-likeness (QED) is 0.240. The molecule has 38 heavy (non-hydrogen) atoms.